The van der Waals surface area contributed by atoms with Crippen LogP contribution in [0.2, 0.25) is 0 Å². The number of allylic oxidation sites excluding steroid dienone is 1. The van der Waals surface area contributed by atoms with Crippen molar-refractivity contribution < 1.29 is 18.8 Å². The van der Waals surface area contributed by atoms with E-state index in [4.69, 9.17) is 4.74 Å². The fraction of sp³-hybridized carbons (Fsp3) is 0.909. The lowest BCUT2D eigenvalue weighted by Crippen LogP contribution is -2.51. The summed E-state index contributed by atoms with van der Waals surface area (Å²) in [7, 11) is 1.38. The van der Waals surface area contributed by atoms with Crippen molar-refractivity contribution in [2.75, 3.05) is 25.2 Å². The van der Waals surface area contributed by atoms with E-state index in [0.29, 0.717) is 28.9 Å². The molecule has 0 amide bonds. The minimum absolute atomic E-state index is 0.220. The average molecular weight is 549 g/mol. The van der Waals surface area contributed by atoms with Crippen LogP contribution in [-0.4, -0.2) is 41.8 Å². The highest BCUT2D eigenvalue weighted by atomic mass is 32.2. The number of ether oxygens (including phenoxy) is 2. The van der Waals surface area contributed by atoms with Gasteiger partial charge in [0, 0.05) is 0 Å². The summed E-state index contributed by atoms with van der Waals surface area (Å²) in [6.45, 7) is 13.1. The molecule has 4 aliphatic carbocycles. The molecule has 4 rings (SSSR count). The van der Waals surface area contributed by atoms with E-state index in [9.17, 15) is 9.35 Å². The summed E-state index contributed by atoms with van der Waals surface area (Å²) in [4.78, 5) is 11.3. The maximum atomic E-state index is 12.2. The highest BCUT2D eigenvalue weighted by Gasteiger charge is 2.59. The Balaban J connectivity index is 1.31. The number of methoxy groups -OCH3 is 1. The van der Waals surface area contributed by atoms with Crippen molar-refractivity contribution in [3.8, 4) is 0 Å². The van der Waals surface area contributed by atoms with Crippen molar-refractivity contribution in [3.63, 3.8) is 0 Å². The Morgan fingerprint density at radius 3 is 2.61 bits per heavy atom. The summed E-state index contributed by atoms with van der Waals surface area (Å²) in [5.74, 6) is 5.80. The van der Waals surface area contributed by atoms with Gasteiger partial charge in [-0.3, -0.25) is 4.79 Å². The third-order valence-electron chi connectivity index (χ3n) is 11.7. The zero-order chi connectivity index (χ0) is 27.5. The molecule has 4 aliphatic rings. The smallest absolute Gasteiger partial charge is 0.310 e. The average Bonchev–Trinajstić information content (AvgIpc) is 3.24. The number of rotatable bonds is 12. The number of esters is 1. The molecule has 3 saturated carbocycles. The molecule has 0 saturated heterocycles. The Morgan fingerprint density at radius 1 is 1.08 bits per heavy atom. The van der Waals surface area contributed by atoms with Crippen LogP contribution in [0.15, 0.2) is 11.6 Å². The predicted molar refractivity (Wildman–Crippen MR) is 157 cm³/mol. The Morgan fingerprint density at radius 2 is 1.87 bits per heavy atom. The molecule has 0 radical (unpaired) electrons. The van der Waals surface area contributed by atoms with Gasteiger partial charge in [-0.15, -0.1) is 0 Å². The third-order valence-corrected chi connectivity index (χ3v) is 13.0. The molecule has 0 aromatic rings. The highest BCUT2D eigenvalue weighted by Crippen LogP contribution is 2.67. The number of hydrogen-bond donors (Lipinski definition) is 0. The van der Waals surface area contributed by atoms with Gasteiger partial charge in [-0.05, 0) is 97.7 Å². The molecular formula is C33H56O4S. The molecule has 0 heterocycles. The summed E-state index contributed by atoms with van der Waals surface area (Å²) >= 11 is -1.03. The second-order valence-corrected chi connectivity index (χ2v) is 15.9. The van der Waals surface area contributed by atoms with Gasteiger partial charge < -0.3 is 14.0 Å². The molecule has 0 aromatic carbocycles. The van der Waals surface area contributed by atoms with E-state index in [-0.39, 0.29) is 18.5 Å². The van der Waals surface area contributed by atoms with Crippen LogP contribution in [0.1, 0.15) is 112 Å². The summed E-state index contributed by atoms with van der Waals surface area (Å²) < 4.78 is 23.1. The SMILES string of the molecule is COC(=O)CC[S+]([O-])CCO[C@H]1CC[C@@]2(C)C(=CC[C@H]3C4CCC([C@H](C)CCCC(C)C)[C@@]4(C)CC[C@@H]32)C1. The molecule has 0 N–H and O–H groups in total. The van der Waals surface area contributed by atoms with E-state index in [1.807, 2.05) is 0 Å². The summed E-state index contributed by atoms with van der Waals surface area (Å²) in [6.07, 6.45) is 17.7. The van der Waals surface area contributed by atoms with Crippen LogP contribution in [0.3, 0.4) is 0 Å². The first kappa shape index (κ1) is 30.4. The second-order valence-electron chi connectivity index (χ2n) is 14.2. The second kappa shape index (κ2) is 13.0. The van der Waals surface area contributed by atoms with Gasteiger partial charge in [0.05, 0.1) is 26.2 Å². The van der Waals surface area contributed by atoms with Crippen LogP contribution in [0.25, 0.3) is 0 Å². The first-order valence-corrected chi connectivity index (χ1v) is 17.3. The molecule has 0 aromatic heterocycles. The van der Waals surface area contributed by atoms with Gasteiger partial charge in [0.15, 0.2) is 0 Å². The van der Waals surface area contributed by atoms with E-state index in [0.717, 1.165) is 48.3 Å². The molecule has 4 nitrogen and oxygen atoms in total. The van der Waals surface area contributed by atoms with Crippen LogP contribution in [-0.2, 0) is 25.4 Å². The monoisotopic (exact) mass is 548 g/mol. The zero-order valence-corrected chi connectivity index (χ0v) is 26.1. The maximum absolute atomic E-state index is 12.2. The van der Waals surface area contributed by atoms with Crippen molar-refractivity contribution in [1.82, 2.24) is 0 Å². The van der Waals surface area contributed by atoms with Crippen LogP contribution < -0.4 is 0 Å². The van der Waals surface area contributed by atoms with E-state index < -0.39 is 11.2 Å². The summed E-state index contributed by atoms with van der Waals surface area (Å²) in [5.41, 5.74) is 2.54. The molecular weight excluding hydrogens is 492 g/mol. The molecule has 0 spiro atoms. The lowest BCUT2D eigenvalue weighted by Gasteiger charge is -2.58. The summed E-state index contributed by atoms with van der Waals surface area (Å²) in [5, 5.41) is 0. The number of carbonyl (C=O) groups excluding carboxylic acids is 1. The lowest BCUT2D eigenvalue weighted by molar-refractivity contribution is -0.140. The molecule has 3 fully saturated rings. The van der Waals surface area contributed by atoms with Crippen molar-refractivity contribution in [1.29, 1.82) is 0 Å². The molecule has 5 heteroatoms. The number of carbonyl (C=O) groups is 1. The van der Waals surface area contributed by atoms with Gasteiger partial charge in [-0.1, -0.05) is 76.7 Å². The number of fused-ring (bicyclic) bond motifs is 5. The molecule has 3 unspecified atom stereocenters. The Bertz CT molecular complexity index is 826. The number of hydrogen-bond acceptors (Lipinski definition) is 4. The van der Waals surface area contributed by atoms with E-state index in [1.165, 1.54) is 64.9 Å². The van der Waals surface area contributed by atoms with E-state index in [1.54, 1.807) is 5.57 Å². The molecule has 218 valence electrons. The van der Waals surface area contributed by atoms with Gasteiger partial charge in [-0.25, -0.2) is 0 Å². The van der Waals surface area contributed by atoms with Gasteiger partial charge in [0.1, 0.15) is 11.5 Å². The maximum Gasteiger partial charge on any atom is 0.310 e. The third kappa shape index (κ3) is 6.51. The quantitative estimate of drug-likeness (QED) is 0.142. The van der Waals surface area contributed by atoms with Crippen LogP contribution in [0.4, 0.5) is 0 Å². The fourth-order valence-electron chi connectivity index (χ4n) is 9.50. The Hall–Kier alpha value is -0.520. The van der Waals surface area contributed by atoms with Crippen molar-refractivity contribution in [2.24, 2.45) is 46.3 Å². The standard InChI is InChI=1S/C33H56O4S/c1-23(2)8-7-9-24(3)28-12-13-29-27-11-10-25-22-26(37-19-21-38(35)20-16-31(34)36-6)14-17-32(25,4)30(27)15-18-33(28,29)5/h10,23-24,26-30H,7-9,11-22H2,1-6H3/t24-,26+,27+,28?,29?,30+,32+,33-,38?/m1/s1. The minimum Gasteiger partial charge on any atom is -0.616 e. The first-order chi connectivity index (χ1) is 18.1. The van der Waals surface area contributed by atoms with Gasteiger partial charge >= 0.3 is 5.97 Å². The largest absolute Gasteiger partial charge is 0.616 e. The molecule has 0 bridgehead atoms. The van der Waals surface area contributed by atoms with Gasteiger partial charge in [0.25, 0.3) is 0 Å². The normalized spacial score (nSPS) is 38.1. The Kier molecular flexibility index (Phi) is 10.4. The highest BCUT2D eigenvalue weighted by molar-refractivity contribution is 7.91. The van der Waals surface area contributed by atoms with Crippen molar-refractivity contribution in [3.05, 3.63) is 11.6 Å². The van der Waals surface area contributed by atoms with E-state index >= 15 is 0 Å². The van der Waals surface area contributed by atoms with Crippen LogP contribution in [0.5, 0.6) is 0 Å². The topological polar surface area (TPSA) is 58.6 Å². The predicted octanol–water partition coefficient (Wildman–Crippen LogP) is 7.72. The van der Waals surface area contributed by atoms with Crippen molar-refractivity contribution >= 4 is 17.1 Å². The fourth-order valence-corrected chi connectivity index (χ4v) is 10.4. The lowest BCUT2D eigenvalue weighted by atomic mass is 9.47. The minimum atomic E-state index is -1.03. The summed E-state index contributed by atoms with van der Waals surface area (Å²) in [6, 6.07) is 0. The van der Waals surface area contributed by atoms with Gasteiger partial charge in [0.2, 0.25) is 0 Å². The molecule has 38 heavy (non-hydrogen) atoms. The molecule has 9 atom stereocenters. The first-order valence-electron chi connectivity index (χ1n) is 15.8. The van der Waals surface area contributed by atoms with Gasteiger partial charge in [-0.2, -0.15) is 0 Å². The zero-order valence-electron chi connectivity index (χ0n) is 25.3. The van der Waals surface area contributed by atoms with Crippen LogP contribution >= 0.6 is 0 Å². The Labute approximate surface area is 236 Å². The van der Waals surface area contributed by atoms with Crippen LogP contribution in [0, 0.1) is 46.3 Å². The molecule has 0 aliphatic heterocycles. The van der Waals surface area contributed by atoms with E-state index in [2.05, 4.69) is 45.4 Å². The van der Waals surface area contributed by atoms with Crippen molar-refractivity contribution in [2.45, 2.75) is 118 Å².